The molecule has 0 bridgehead atoms. The predicted octanol–water partition coefficient (Wildman–Crippen LogP) is 2.84. The van der Waals surface area contributed by atoms with Crippen molar-refractivity contribution < 1.29 is 14.3 Å². The zero-order valence-corrected chi connectivity index (χ0v) is 10.1. The lowest BCUT2D eigenvalue weighted by Gasteiger charge is -2.23. The SMILES string of the molecule is O=C(O)C1CC=CCC1c1nc2ccc(F)cc2[nH]1. The molecule has 1 aromatic carbocycles. The molecule has 3 rings (SSSR count). The average molecular weight is 260 g/mol. The number of carbonyl (C=O) groups is 1. The molecule has 0 saturated heterocycles. The van der Waals surface area contributed by atoms with Crippen molar-refractivity contribution in [3.8, 4) is 0 Å². The third-order valence-corrected chi connectivity index (χ3v) is 3.56. The molecule has 0 spiro atoms. The number of aliphatic carboxylic acids is 1. The van der Waals surface area contributed by atoms with Crippen LogP contribution in [0.1, 0.15) is 24.6 Å². The normalized spacial score (nSPS) is 22.8. The van der Waals surface area contributed by atoms with Crippen LogP contribution < -0.4 is 0 Å². The summed E-state index contributed by atoms with van der Waals surface area (Å²) in [5.74, 6) is -1.19. The van der Waals surface area contributed by atoms with Gasteiger partial charge in [0.1, 0.15) is 11.6 Å². The van der Waals surface area contributed by atoms with E-state index in [2.05, 4.69) is 9.97 Å². The number of hydrogen-bond acceptors (Lipinski definition) is 2. The first kappa shape index (κ1) is 11.9. The first-order valence-corrected chi connectivity index (χ1v) is 6.18. The van der Waals surface area contributed by atoms with E-state index in [0.717, 1.165) is 0 Å². The summed E-state index contributed by atoms with van der Waals surface area (Å²) in [6, 6.07) is 4.32. The van der Waals surface area contributed by atoms with Gasteiger partial charge in [0, 0.05) is 5.92 Å². The molecular formula is C14H13FN2O2. The maximum Gasteiger partial charge on any atom is 0.307 e. The van der Waals surface area contributed by atoms with E-state index in [0.29, 0.717) is 29.7 Å². The van der Waals surface area contributed by atoms with Crippen molar-refractivity contribution in [1.29, 1.82) is 0 Å². The van der Waals surface area contributed by atoms with Gasteiger partial charge >= 0.3 is 5.97 Å². The molecule has 19 heavy (non-hydrogen) atoms. The molecule has 1 aromatic heterocycles. The van der Waals surface area contributed by atoms with E-state index >= 15 is 0 Å². The molecule has 2 unspecified atom stereocenters. The number of rotatable bonds is 2. The van der Waals surface area contributed by atoms with Crippen LogP contribution in [0.4, 0.5) is 4.39 Å². The van der Waals surface area contributed by atoms with Crippen molar-refractivity contribution in [2.24, 2.45) is 5.92 Å². The van der Waals surface area contributed by atoms with Crippen LogP contribution in [0.25, 0.3) is 11.0 Å². The highest BCUT2D eigenvalue weighted by atomic mass is 19.1. The maximum absolute atomic E-state index is 13.1. The highest BCUT2D eigenvalue weighted by Crippen LogP contribution is 2.34. The molecule has 0 aliphatic heterocycles. The van der Waals surface area contributed by atoms with Crippen LogP contribution in [0.3, 0.4) is 0 Å². The monoisotopic (exact) mass is 260 g/mol. The van der Waals surface area contributed by atoms with Gasteiger partial charge in [-0.05, 0) is 31.0 Å². The van der Waals surface area contributed by atoms with Gasteiger partial charge in [-0.15, -0.1) is 0 Å². The number of nitrogens with zero attached hydrogens (tertiary/aromatic N) is 1. The highest BCUT2D eigenvalue weighted by Gasteiger charge is 2.31. The molecule has 1 aliphatic rings. The number of carboxylic acid groups (broad SMARTS) is 1. The van der Waals surface area contributed by atoms with Crippen molar-refractivity contribution in [3.63, 3.8) is 0 Å². The Morgan fingerprint density at radius 3 is 2.95 bits per heavy atom. The Kier molecular flexibility index (Phi) is 2.81. The van der Waals surface area contributed by atoms with Crippen LogP contribution in [0.5, 0.6) is 0 Å². The van der Waals surface area contributed by atoms with E-state index in [1.165, 1.54) is 12.1 Å². The van der Waals surface area contributed by atoms with Gasteiger partial charge in [-0.2, -0.15) is 0 Å². The van der Waals surface area contributed by atoms with E-state index in [4.69, 9.17) is 0 Å². The average Bonchev–Trinajstić information content (AvgIpc) is 2.81. The van der Waals surface area contributed by atoms with Gasteiger partial charge in [-0.25, -0.2) is 9.37 Å². The van der Waals surface area contributed by atoms with Crippen LogP contribution in [-0.4, -0.2) is 21.0 Å². The molecule has 2 aromatic rings. The van der Waals surface area contributed by atoms with Crippen LogP contribution in [0.2, 0.25) is 0 Å². The summed E-state index contributed by atoms with van der Waals surface area (Å²) < 4.78 is 13.1. The van der Waals surface area contributed by atoms with Gasteiger partial charge in [0.05, 0.1) is 17.0 Å². The Morgan fingerprint density at radius 1 is 1.37 bits per heavy atom. The quantitative estimate of drug-likeness (QED) is 0.816. The fourth-order valence-corrected chi connectivity index (χ4v) is 2.57. The fourth-order valence-electron chi connectivity index (χ4n) is 2.57. The van der Waals surface area contributed by atoms with Crippen molar-refractivity contribution in [2.45, 2.75) is 18.8 Å². The standard InChI is InChI=1S/C14H13FN2O2/c15-8-5-6-11-12(7-8)17-13(16-11)9-3-1-2-4-10(9)14(18)19/h1-2,5-7,9-10H,3-4H2,(H,16,17)(H,18,19). The zero-order valence-electron chi connectivity index (χ0n) is 10.1. The number of imidazole rings is 1. The van der Waals surface area contributed by atoms with Gasteiger partial charge in [0.25, 0.3) is 0 Å². The van der Waals surface area contributed by atoms with Crippen molar-refractivity contribution >= 4 is 17.0 Å². The Bertz CT molecular complexity index is 663. The van der Waals surface area contributed by atoms with Gasteiger partial charge < -0.3 is 10.1 Å². The molecule has 1 heterocycles. The van der Waals surface area contributed by atoms with Crippen LogP contribution in [-0.2, 0) is 4.79 Å². The minimum absolute atomic E-state index is 0.182. The minimum atomic E-state index is -0.819. The maximum atomic E-state index is 13.1. The zero-order chi connectivity index (χ0) is 13.4. The molecule has 98 valence electrons. The van der Waals surface area contributed by atoms with Crippen LogP contribution in [0.15, 0.2) is 30.4 Å². The molecule has 4 nitrogen and oxygen atoms in total. The predicted molar refractivity (Wildman–Crippen MR) is 68.3 cm³/mol. The number of carboxylic acids is 1. The molecule has 2 N–H and O–H groups in total. The number of fused-ring (bicyclic) bond motifs is 1. The Hall–Kier alpha value is -2.17. The summed E-state index contributed by atoms with van der Waals surface area (Å²) in [5.41, 5.74) is 1.27. The number of allylic oxidation sites excluding steroid dienone is 2. The first-order chi connectivity index (χ1) is 9.15. The number of halogens is 1. The van der Waals surface area contributed by atoms with E-state index in [9.17, 15) is 14.3 Å². The first-order valence-electron chi connectivity index (χ1n) is 6.18. The minimum Gasteiger partial charge on any atom is -0.481 e. The van der Waals surface area contributed by atoms with E-state index in [1.807, 2.05) is 12.2 Å². The number of nitrogens with one attached hydrogen (secondary N) is 1. The summed E-state index contributed by atoms with van der Waals surface area (Å²) in [6.07, 6.45) is 5.00. The highest BCUT2D eigenvalue weighted by molar-refractivity contribution is 5.76. The van der Waals surface area contributed by atoms with Gasteiger partial charge in [0.2, 0.25) is 0 Å². The fraction of sp³-hybridized carbons (Fsp3) is 0.286. The number of benzene rings is 1. The van der Waals surface area contributed by atoms with E-state index in [1.54, 1.807) is 6.07 Å². The van der Waals surface area contributed by atoms with E-state index < -0.39 is 11.9 Å². The molecule has 0 radical (unpaired) electrons. The van der Waals surface area contributed by atoms with Crippen molar-refractivity contribution in [1.82, 2.24) is 9.97 Å². The molecule has 0 amide bonds. The Labute approximate surface area is 109 Å². The lowest BCUT2D eigenvalue weighted by molar-refractivity contribution is -0.142. The van der Waals surface area contributed by atoms with Gasteiger partial charge in [-0.1, -0.05) is 12.2 Å². The number of aromatic nitrogens is 2. The molecule has 2 atom stereocenters. The summed E-state index contributed by atoms with van der Waals surface area (Å²) in [7, 11) is 0. The third-order valence-electron chi connectivity index (χ3n) is 3.56. The molecule has 1 aliphatic carbocycles. The van der Waals surface area contributed by atoms with Crippen molar-refractivity contribution in [2.75, 3.05) is 0 Å². The molecule has 0 saturated carbocycles. The third kappa shape index (κ3) is 2.12. The number of aromatic amines is 1. The molecule has 5 heteroatoms. The largest absolute Gasteiger partial charge is 0.481 e. The number of H-pyrrole nitrogens is 1. The lowest BCUT2D eigenvalue weighted by atomic mass is 9.82. The topological polar surface area (TPSA) is 66.0 Å². The Balaban J connectivity index is 2.02. The molecule has 0 fully saturated rings. The van der Waals surface area contributed by atoms with Gasteiger partial charge in [-0.3, -0.25) is 4.79 Å². The second-order valence-electron chi connectivity index (χ2n) is 4.78. The smallest absolute Gasteiger partial charge is 0.307 e. The lowest BCUT2D eigenvalue weighted by Crippen LogP contribution is -2.24. The van der Waals surface area contributed by atoms with Crippen LogP contribution >= 0.6 is 0 Å². The summed E-state index contributed by atoms with van der Waals surface area (Å²) in [5, 5.41) is 9.25. The molecular weight excluding hydrogens is 247 g/mol. The summed E-state index contributed by atoms with van der Waals surface area (Å²) >= 11 is 0. The van der Waals surface area contributed by atoms with E-state index in [-0.39, 0.29) is 11.7 Å². The number of hydrogen-bond donors (Lipinski definition) is 2. The van der Waals surface area contributed by atoms with Gasteiger partial charge in [0.15, 0.2) is 0 Å². The second-order valence-corrected chi connectivity index (χ2v) is 4.78. The Morgan fingerprint density at radius 2 is 2.16 bits per heavy atom. The summed E-state index contributed by atoms with van der Waals surface area (Å²) in [4.78, 5) is 18.7. The second kappa shape index (κ2) is 4.50. The summed E-state index contributed by atoms with van der Waals surface area (Å²) in [6.45, 7) is 0. The van der Waals surface area contributed by atoms with Crippen LogP contribution in [0, 0.1) is 11.7 Å². The van der Waals surface area contributed by atoms with Crippen molar-refractivity contribution in [3.05, 3.63) is 42.0 Å².